The minimum Gasteiger partial charge on any atom is -0.308 e. The molecule has 2 heterocycles. The van der Waals surface area contributed by atoms with Crippen LogP contribution in [0.15, 0.2) is 6.33 Å². The molecule has 0 amide bonds. The molecule has 2 aromatic rings. The Morgan fingerprint density at radius 2 is 2.27 bits per heavy atom. The zero-order valence-corrected chi connectivity index (χ0v) is 9.69. The fourth-order valence-corrected chi connectivity index (χ4v) is 2.94. The van der Waals surface area contributed by atoms with Crippen molar-refractivity contribution in [3.8, 4) is 0 Å². The molecule has 0 saturated heterocycles. The van der Waals surface area contributed by atoms with Crippen LogP contribution in [-0.4, -0.2) is 9.97 Å². The van der Waals surface area contributed by atoms with Crippen molar-refractivity contribution >= 4 is 27.4 Å². The second-order valence-electron chi connectivity index (χ2n) is 3.45. The van der Waals surface area contributed by atoms with E-state index in [-0.39, 0.29) is 0 Å². The highest BCUT2D eigenvalue weighted by Crippen LogP contribution is 2.33. The number of anilines is 1. The minimum atomic E-state index is 0.719. The number of nitrogens with zero attached hydrogens (tertiary/aromatic N) is 2. The molecule has 4 nitrogen and oxygen atoms in total. The molecule has 0 fully saturated rings. The lowest BCUT2D eigenvalue weighted by Crippen LogP contribution is -2.09. The molecule has 0 unspecified atom stereocenters. The second-order valence-corrected chi connectivity index (χ2v) is 4.53. The fraction of sp³-hybridized carbons (Fsp3) is 0.400. The van der Waals surface area contributed by atoms with E-state index in [0.29, 0.717) is 0 Å². The van der Waals surface area contributed by atoms with Crippen LogP contribution >= 0.6 is 11.3 Å². The summed E-state index contributed by atoms with van der Waals surface area (Å²) >= 11 is 1.73. The standard InChI is InChI=1S/C10H14N4S/c1-3-4-7-6(2)8-9(14-11)12-5-13-10(8)15-7/h5H,3-4,11H2,1-2H3,(H,12,13,14). The summed E-state index contributed by atoms with van der Waals surface area (Å²) in [5.74, 6) is 6.15. The van der Waals surface area contributed by atoms with Crippen LogP contribution in [0, 0.1) is 6.92 Å². The highest BCUT2D eigenvalue weighted by Gasteiger charge is 2.12. The van der Waals surface area contributed by atoms with Crippen LogP contribution in [0.5, 0.6) is 0 Å². The van der Waals surface area contributed by atoms with Crippen molar-refractivity contribution in [3.05, 3.63) is 16.8 Å². The van der Waals surface area contributed by atoms with Gasteiger partial charge < -0.3 is 5.43 Å². The lowest BCUT2D eigenvalue weighted by molar-refractivity contribution is 0.934. The van der Waals surface area contributed by atoms with Gasteiger partial charge in [-0.3, -0.25) is 0 Å². The number of aromatic nitrogens is 2. The Morgan fingerprint density at radius 3 is 2.93 bits per heavy atom. The minimum absolute atomic E-state index is 0.719. The Balaban J connectivity index is 2.65. The first-order valence-corrected chi connectivity index (χ1v) is 5.79. The summed E-state index contributed by atoms with van der Waals surface area (Å²) in [5, 5.41) is 1.06. The van der Waals surface area contributed by atoms with E-state index < -0.39 is 0 Å². The Bertz CT molecular complexity index is 477. The van der Waals surface area contributed by atoms with E-state index in [0.717, 1.165) is 28.9 Å². The smallest absolute Gasteiger partial charge is 0.152 e. The molecule has 3 N–H and O–H groups in total. The van der Waals surface area contributed by atoms with Gasteiger partial charge in [0.1, 0.15) is 11.2 Å². The van der Waals surface area contributed by atoms with E-state index in [2.05, 4.69) is 29.2 Å². The fourth-order valence-electron chi connectivity index (χ4n) is 1.69. The molecule has 80 valence electrons. The summed E-state index contributed by atoms with van der Waals surface area (Å²) in [4.78, 5) is 10.8. The van der Waals surface area contributed by atoms with Crippen molar-refractivity contribution in [3.63, 3.8) is 0 Å². The van der Waals surface area contributed by atoms with Crippen molar-refractivity contribution in [1.82, 2.24) is 9.97 Å². The normalized spacial score (nSPS) is 10.9. The van der Waals surface area contributed by atoms with E-state index >= 15 is 0 Å². The number of rotatable bonds is 3. The van der Waals surface area contributed by atoms with Gasteiger partial charge in [-0.2, -0.15) is 0 Å². The molecule has 2 aromatic heterocycles. The van der Waals surface area contributed by atoms with Crippen LogP contribution in [0.3, 0.4) is 0 Å². The van der Waals surface area contributed by atoms with E-state index in [1.165, 1.54) is 10.4 Å². The number of hydrogen-bond donors (Lipinski definition) is 2. The van der Waals surface area contributed by atoms with Crippen LogP contribution in [0.2, 0.25) is 0 Å². The Kier molecular flexibility index (Phi) is 2.83. The van der Waals surface area contributed by atoms with Gasteiger partial charge in [0.25, 0.3) is 0 Å². The maximum atomic E-state index is 5.43. The third-order valence-electron chi connectivity index (χ3n) is 2.44. The molecular formula is C10H14N4S. The Morgan fingerprint density at radius 1 is 1.47 bits per heavy atom. The molecule has 2 rings (SSSR count). The molecule has 15 heavy (non-hydrogen) atoms. The average Bonchev–Trinajstić information content (AvgIpc) is 2.57. The number of thiophene rings is 1. The van der Waals surface area contributed by atoms with Crippen LogP contribution in [-0.2, 0) is 6.42 Å². The van der Waals surface area contributed by atoms with Crippen LogP contribution in [0.1, 0.15) is 23.8 Å². The van der Waals surface area contributed by atoms with Gasteiger partial charge in [0, 0.05) is 4.88 Å². The molecule has 0 radical (unpaired) electrons. The first kappa shape index (κ1) is 10.3. The number of hydrogen-bond acceptors (Lipinski definition) is 5. The van der Waals surface area contributed by atoms with Crippen LogP contribution < -0.4 is 11.3 Å². The number of aryl methyl sites for hydroxylation is 2. The predicted octanol–water partition coefficient (Wildman–Crippen LogP) is 2.24. The van der Waals surface area contributed by atoms with E-state index in [4.69, 9.17) is 5.84 Å². The molecule has 0 aliphatic carbocycles. The second kappa shape index (κ2) is 4.12. The molecule has 0 aliphatic heterocycles. The molecule has 0 aliphatic rings. The van der Waals surface area contributed by atoms with Gasteiger partial charge in [-0.15, -0.1) is 11.3 Å². The number of fused-ring (bicyclic) bond motifs is 1. The highest BCUT2D eigenvalue weighted by molar-refractivity contribution is 7.18. The molecule has 0 aromatic carbocycles. The van der Waals surface area contributed by atoms with Crippen molar-refractivity contribution in [1.29, 1.82) is 0 Å². The zero-order chi connectivity index (χ0) is 10.8. The molecule has 0 saturated carbocycles. The summed E-state index contributed by atoms with van der Waals surface area (Å²) in [6, 6.07) is 0. The van der Waals surface area contributed by atoms with Gasteiger partial charge in [0.05, 0.1) is 5.39 Å². The largest absolute Gasteiger partial charge is 0.308 e. The predicted molar refractivity (Wildman–Crippen MR) is 64.0 cm³/mol. The van der Waals surface area contributed by atoms with E-state index in [1.54, 1.807) is 17.7 Å². The van der Waals surface area contributed by atoms with E-state index in [1.807, 2.05) is 0 Å². The maximum Gasteiger partial charge on any atom is 0.152 e. The van der Waals surface area contributed by atoms with Crippen LogP contribution in [0.4, 0.5) is 5.82 Å². The van der Waals surface area contributed by atoms with Crippen molar-refractivity contribution in [2.24, 2.45) is 5.84 Å². The Labute approximate surface area is 92.5 Å². The van der Waals surface area contributed by atoms with E-state index in [9.17, 15) is 0 Å². The quantitative estimate of drug-likeness (QED) is 0.617. The molecule has 5 heteroatoms. The molecule has 0 bridgehead atoms. The summed E-state index contributed by atoms with van der Waals surface area (Å²) < 4.78 is 0. The lowest BCUT2D eigenvalue weighted by Gasteiger charge is -2.00. The third-order valence-corrected chi connectivity index (χ3v) is 3.70. The van der Waals surface area contributed by atoms with Gasteiger partial charge in [-0.25, -0.2) is 15.8 Å². The summed E-state index contributed by atoms with van der Waals surface area (Å²) in [6.07, 6.45) is 3.78. The summed E-state index contributed by atoms with van der Waals surface area (Å²) in [5.41, 5.74) is 3.88. The lowest BCUT2D eigenvalue weighted by atomic mass is 10.1. The first-order valence-electron chi connectivity index (χ1n) is 4.97. The molecule has 0 atom stereocenters. The summed E-state index contributed by atoms with van der Waals surface area (Å²) in [7, 11) is 0. The van der Waals surface area contributed by atoms with Gasteiger partial charge in [0.15, 0.2) is 5.82 Å². The topological polar surface area (TPSA) is 63.8 Å². The van der Waals surface area contributed by atoms with Gasteiger partial charge in [-0.05, 0) is 18.9 Å². The van der Waals surface area contributed by atoms with Crippen molar-refractivity contribution in [2.75, 3.05) is 5.43 Å². The summed E-state index contributed by atoms with van der Waals surface area (Å²) in [6.45, 7) is 4.28. The number of nitrogen functional groups attached to an aromatic ring is 1. The average molecular weight is 222 g/mol. The maximum absolute atomic E-state index is 5.43. The molecular weight excluding hydrogens is 208 g/mol. The van der Waals surface area contributed by atoms with Gasteiger partial charge in [0.2, 0.25) is 0 Å². The number of nitrogens with two attached hydrogens (primary N) is 1. The highest BCUT2D eigenvalue weighted by atomic mass is 32.1. The van der Waals surface area contributed by atoms with Gasteiger partial charge >= 0.3 is 0 Å². The van der Waals surface area contributed by atoms with Gasteiger partial charge in [-0.1, -0.05) is 13.3 Å². The monoisotopic (exact) mass is 222 g/mol. The number of nitrogens with one attached hydrogen (secondary N) is 1. The molecule has 0 spiro atoms. The number of hydrazine groups is 1. The Hall–Kier alpha value is -1.20. The SMILES string of the molecule is CCCc1sc2ncnc(NN)c2c1C. The third kappa shape index (κ3) is 1.68. The first-order chi connectivity index (χ1) is 7.27. The van der Waals surface area contributed by atoms with Crippen molar-refractivity contribution < 1.29 is 0 Å². The van der Waals surface area contributed by atoms with Crippen molar-refractivity contribution in [2.45, 2.75) is 26.7 Å². The zero-order valence-electron chi connectivity index (χ0n) is 8.87. The van der Waals surface area contributed by atoms with Crippen LogP contribution in [0.25, 0.3) is 10.2 Å².